The van der Waals surface area contributed by atoms with Gasteiger partial charge in [-0.05, 0) is 53.5 Å². The molecule has 0 bridgehead atoms. The average molecular weight is 985 g/mol. The number of rotatable bonds is 22. The van der Waals surface area contributed by atoms with Crippen LogP contribution >= 0.6 is 22.7 Å². The molecule has 0 fully saturated rings. The summed E-state index contributed by atoms with van der Waals surface area (Å²) < 4.78 is 7.72. The third kappa shape index (κ3) is 13.3. The largest absolute Gasteiger partial charge is 0.444 e. The number of alkyl carbamates (subject to hydrolysis) is 1. The Morgan fingerprint density at radius 2 is 1.20 bits per heavy atom. The zero-order valence-electron chi connectivity index (χ0n) is 40.3. The maximum atomic E-state index is 15.0. The van der Waals surface area contributed by atoms with Gasteiger partial charge in [0.15, 0.2) is 0 Å². The van der Waals surface area contributed by atoms with Crippen molar-refractivity contribution in [1.29, 1.82) is 0 Å². The molecule has 8 aromatic rings. The molecule has 71 heavy (non-hydrogen) atoms. The van der Waals surface area contributed by atoms with Crippen LogP contribution in [0.4, 0.5) is 9.59 Å². The van der Waals surface area contributed by atoms with Crippen molar-refractivity contribution in [3.05, 3.63) is 230 Å². The fourth-order valence-electron chi connectivity index (χ4n) is 8.89. The highest BCUT2D eigenvalue weighted by molar-refractivity contribution is 7.11. The Hall–Kier alpha value is -7.42. The third-order valence-corrected chi connectivity index (χ3v) is 14.5. The van der Waals surface area contributed by atoms with Crippen LogP contribution in [-0.4, -0.2) is 67.6 Å². The Kier molecular flexibility index (Phi) is 17.2. The third-order valence-electron chi connectivity index (χ3n) is 12.4. The number of carbonyl (C=O) groups excluding carboxylic acids is 3. The molecule has 0 aliphatic rings. The maximum absolute atomic E-state index is 15.0. The minimum Gasteiger partial charge on any atom is -0.444 e. The summed E-state index contributed by atoms with van der Waals surface area (Å²) in [5.74, 6) is -0.0829. The Labute approximate surface area is 424 Å². The molecule has 14 heteroatoms. The average Bonchev–Trinajstić information content (AvgIpc) is 4.21. The fraction of sp³-hybridized carbons (Fsp3) is 0.263. The second-order valence-electron chi connectivity index (χ2n) is 18.0. The number of hydrogen-bond donors (Lipinski definition) is 3. The number of imidazole rings is 1. The van der Waals surface area contributed by atoms with Crippen LogP contribution in [0.2, 0.25) is 0 Å². The van der Waals surface area contributed by atoms with Gasteiger partial charge >= 0.3 is 12.1 Å². The van der Waals surface area contributed by atoms with E-state index in [0.717, 1.165) is 42.6 Å². The second kappa shape index (κ2) is 24.4. The fourth-order valence-corrected chi connectivity index (χ4v) is 10.4. The summed E-state index contributed by atoms with van der Waals surface area (Å²) in [6, 6.07) is 48.9. The van der Waals surface area contributed by atoms with E-state index in [2.05, 4.69) is 80.7 Å². The lowest BCUT2D eigenvalue weighted by Crippen LogP contribution is -2.53. The van der Waals surface area contributed by atoms with Crippen molar-refractivity contribution >= 4 is 40.7 Å². The van der Waals surface area contributed by atoms with Gasteiger partial charge in [-0.1, -0.05) is 166 Å². The maximum Gasteiger partial charge on any atom is 0.407 e. The number of nitrogens with one attached hydrogen (secondary N) is 3. The van der Waals surface area contributed by atoms with Crippen LogP contribution in [0.3, 0.4) is 0 Å². The molecule has 5 aromatic carbocycles. The lowest BCUT2D eigenvalue weighted by Gasteiger charge is -2.37. The summed E-state index contributed by atoms with van der Waals surface area (Å²) in [5.41, 5.74) is 6.70. The van der Waals surface area contributed by atoms with Crippen LogP contribution in [0.25, 0.3) is 0 Å². The smallest absolute Gasteiger partial charge is 0.407 e. The van der Waals surface area contributed by atoms with Crippen molar-refractivity contribution < 1.29 is 19.1 Å². The number of ether oxygens (including phenoxy) is 1. The number of thiazole rings is 2. The SMILES string of the molecule is CC(C)c1ncc(CN(C)C(=O)N[C@@H](Cc2cn(C(c3ccccc3)(c3ccccc3)c3ccccc3)cn2)C(=O)N[C@@H](CC[C@@H](Cc2ccccc2)NC(=O)OCc2cncs2)Cc2ccccc2)s1. The summed E-state index contributed by atoms with van der Waals surface area (Å²) in [6.07, 6.45) is 9.01. The predicted octanol–water partition coefficient (Wildman–Crippen LogP) is 10.6. The van der Waals surface area contributed by atoms with E-state index >= 15 is 4.79 Å². The molecule has 364 valence electrons. The van der Waals surface area contributed by atoms with Crippen LogP contribution in [0.5, 0.6) is 0 Å². The van der Waals surface area contributed by atoms with E-state index in [1.807, 2.05) is 134 Å². The molecule has 0 aliphatic heterocycles. The first-order chi connectivity index (χ1) is 34.6. The molecular weight excluding hydrogens is 925 g/mol. The summed E-state index contributed by atoms with van der Waals surface area (Å²) in [5, 5.41) is 10.6. The number of carbonyl (C=O) groups is 3. The zero-order valence-corrected chi connectivity index (χ0v) is 41.9. The first-order valence-electron chi connectivity index (χ1n) is 24.0. The zero-order chi connectivity index (χ0) is 49.4. The predicted molar refractivity (Wildman–Crippen MR) is 281 cm³/mol. The van der Waals surface area contributed by atoms with Gasteiger partial charge in [0, 0.05) is 54.9 Å². The van der Waals surface area contributed by atoms with E-state index in [0.29, 0.717) is 37.9 Å². The number of benzene rings is 5. The number of aromatic nitrogens is 4. The van der Waals surface area contributed by atoms with Gasteiger partial charge in [0.25, 0.3) is 0 Å². The molecule has 3 N–H and O–H groups in total. The Bertz CT molecular complexity index is 2780. The molecular formula is C57H60N8O4S2. The Morgan fingerprint density at radius 3 is 1.70 bits per heavy atom. The van der Waals surface area contributed by atoms with Crippen molar-refractivity contribution in [2.24, 2.45) is 0 Å². The van der Waals surface area contributed by atoms with Crippen molar-refractivity contribution in [1.82, 2.24) is 40.4 Å². The molecule has 4 amide bonds. The minimum absolute atomic E-state index is 0.104. The number of amides is 4. The lowest BCUT2D eigenvalue weighted by atomic mass is 9.77. The van der Waals surface area contributed by atoms with Gasteiger partial charge in [0.1, 0.15) is 18.2 Å². The topological polar surface area (TPSA) is 143 Å². The molecule has 3 atom stereocenters. The van der Waals surface area contributed by atoms with Crippen LogP contribution in [0.15, 0.2) is 182 Å². The van der Waals surface area contributed by atoms with Crippen molar-refractivity contribution in [3.8, 4) is 0 Å². The Morgan fingerprint density at radius 1 is 0.662 bits per heavy atom. The molecule has 12 nitrogen and oxygen atoms in total. The number of hydrogen-bond acceptors (Lipinski definition) is 9. The van der Waals surface area contributed by atoms with Gasteiger partial charge in [-0.25, -0.2) is 19.6 Å². The molecule has 8 rings (SSSR count). The molecule has 0 saturated carbocycles. The summed E-state index contributed by atoms with van der Waals surface area (Å²) >= 11 is 3.00. The highest BCUT2D eigenvalue weighted by Gasteiger charge is 2.39. The molecule has 0 unspecified atom stereocenters. The first kappa shape index (κ1) is 50.0. The van der Waals surface area contributed by atoms with E-state index in [-0.39, 0.29) is 36.9 Å². The summed E-state index contributed by atoms with van der Waals surface area (Å²) in [4.78, 5) is 59.6. The first-order valence-corrected chi connectivity index (χ1v) is 25.7. The Balaban J connectivity index is 1.09. The monoisotopic (exact) mass is 984 g/mol. The van der Waals surface area contributed by atoms with E-state index in [9.17, 15) is 9.59 Å². The molecule has 0 aliphatic carbocycles. The van der Waals surface area contributed by atoms with E-state index in [4.69, 9.17) is 9.72 Å². The van der Waals surface area contributed by atoms with Gasteiger partial charge in [-0.15, -0.1) is 22.7 Å². The molecule has 0 radical (unpaired) electrons. The van der Waals surface area contributed by atoms with E-state index in [1.54, 1.807) is 35.0 Å². The van der Waals surface area contributed by atoms with Crippen LogP contribution in [-0.2, 0) is 47.5 Å². The van der Waals surface area contributed by atoms with Crippen molar-refractivity contribution in [2.75, 3.05) is 7.05 Å². The van der Waals surface area contributed by atoms with E-state index < -0.39 is 23.7 Å². The quantitative estimate of drug-likeness (QED) is 0.0574. The second-order valence-corrected chi connectivity index (χ2v) is 20.1. The highest BCUT2D eigenvalue weighted by Crippen LogP contribution is 2.41. The standard InChI is InChI=1S/C57H60N8O4S2/c1-41(2)54-59-35-50(71-54)37-64(3)55(67)63-52(33-49-36-65(39-60-49)57(44-23-13-6-14-24-44,45-25-15-7-16-26-45)46-27-17-8-18-28-46)53(66)61-47(31-42-19-9-4-10-20-42)29-30-48(32-43-21-11-5-12-22-43)62-56(68)69-38-51-34-58-40-70-51/h4-28,34-36,39-41,47-48,52H,29-33,37-38H2,1-3H3,(H,61,66)(H,62,68)(H,63,67)/t47-,48-,52-/m0/s1. The van der Waals surface area contributed by atoms with E-state index in [1.165, 1.54) is 11.3 Å². The van der Waals surface area contributed by atoms with Crippen molar-refractivity contribution in [2.45, 2.75) is 88.7 Å². The molecule has 3 aromatic heterocycles. The van der Waals surface area contributed by atoms with Gasteiger partial charge < -0.3 is 30.2 Å². The summed E-state index contributed by atoms with van der Waals surface area (Å²) in [7, 11) is 1.72. The van der Waals surface area contributed by atoms with Crippen molar-refractivity contribution in [3.63, 3.8) is 0 Å². The van der Waals surface area contributed by atoms with Crippen LogP contribution in [0.1, 0.15) is 80.9 Å². The molecule has 3 heterocycles. The summed E-state index contributed by atoms with van der Waals surface area (Å²) in [6.45, 7) is 4.64. The minimum atomic E-state index is -1.02. The van der Waals surface area contributed by atoms with Gasteiger partial charge in [-0.2, -0.15) is 0 Å². The molecule has 0 spiro atoms. The van der Waals surface area contributed by atoms with Gasteiger partial charge in [-0.3, -0.25) is 9.78 Å². The highest BCUT2D eigenvalue weighted by atomic mass is 32.1. The van der Waals surface area contributed by atoms with Crippen LogP contribution in [0, 0.1) is 0 Å². The lowest BCUT2D eigenvalue weighted by molar-refractivity contribution is -0.123. The normalized spacial score (nSPS) is 12.7. The van der Waals surface area contributed by atoms with Gasteiger partial charge in [0.05, 0.1) is 34.0 Å². The van der Waals surface area contributed by atoms with Crippen LogP contribution < -0.4 is 16.0 Å². The van der Waals surface area contributed by atoms with Gasteiger partial charge in [0.2, 0.25) is 5.91 Å². The number of nitrogens with zero attached hydrogens (tertiary/aromatic N) is 5. The number of urea groups is 1. The molecule has 0 saturated heterocycles.